The molecule has 1 rings (SSSR count). The minimum Gasteiger partial charge on any atom is -0.274 e. The zero-order valence-electron chi connectivity index (χ0n) is 3.97. The maximum Gasteiger partial charge on any atom is 0.169 e. The third kappa shape index (κ3) is 0.794. The van der Waals surface area contributed by atoms with Gasteiger partial charge in [0.1, 0.15) is 5.82 Å². The lowest BCUT2D eigenvalue weighted by Crippen LogP contribution is -2.05. The fourth-order valence-electron chi connectivity index (χ4n) is 0.362. The Labute approximate surface area is 42.6 Å². The topological polar surface area (TPSA) is 41.6 Å². The van der Waals surface area contributed by atoms with Gasteiger partial charge in [-0.05, 0) is 6.92 Å². The number of aromatic nitrogens is 3. The first-order valence-corrected chi connectivity index (χ1v) is 1.93. The van der Waals surface area contributed by atoms with Crippen LogP contribution in [-0.4, -0.2) is 23.0 Å². The molecule has 1 heterocycles. The summed E-state index contributed by atoms with van der Waals surface area (Å²) in [5, 5.41) is 6.14. The first-order valence-electron chi connectivity index (χ1n) is 1.93. The van der Waals surface area contributed by atoms with Gasteiger partial charge in [-0.3, -0.25) is 5.10 Å². The summed E-state index contributed by atoms with van der Waals surface area (Å²) in [7, 11) is 5.15. The van der Waals surface area contributed by atoms with Gasteiger partial charge in [0, 0.05) is 0 Å². The Balaban J connectivity index is 3.04. The van der Waals surface area contributed by atoms with E-state index in [1.54, 1.807) is 6.92 Å². The summed E-state index contributed by atoms with van der Waals surface area (Å²) in [6.45, 7) is 1.77. The molecular formula is C3H4BN3. The molecule has 0 bridgehead atoms. The number of H-pyrrole nitrogens is 1. The summed E-state index contributed by atoms with van der Waals surface area (Å²) in [5.41, 5.74) is 0.373. The molecular weight excluding hydrogens is 88.9 g/mol. The lowest BCUT2D eigenvalue weighted by atomic mass is 10.1. The molecule has 0 aliphatic heterocycles. The molecule has 4 heteroatoms. The van der Waals surface area contributed by atoms with Crippen LogP contribution in [0.5, 0.6) is 0 Å². The molecule has 1 aromatic heterocycles. The second kappa shape index (κ2) is 1.37. The van der Waals surface area contributed by atoms with Crippen molar-refractivity contribution >= 4 is 13.6 Å². The number of aryl methyl sites for hydroxylation is 1. The molecule has 1 aromatic rings. The van der Waals surface area contributed by atoms with Crippen molar-refractivity contribution in [2.24, 2.45) is 0 Å². The van der Waals surface area contributed by atoms with Crippen LogP contribution in [0.1, 0.15) is 5.82 Å². The number of aromatic amines is 1. The van der Waals surface area contributed by atoms with Crippen LogP contribution in [0.15, 0.2) is 0 Å². The maximum absolute atomic E-state index is 5.15. The quantitative estimate of drug-likeness (QED) is 0.414. The van der Waals surface area contributed by atoms with Gasteiger partial charge in [0.25, 0.3) is 0 Å². The smallest absolute Gasteiger partial charge is 0.169 e. The van der Waals surface area contributed by atoms with Gasteiger partial charge in [-0.15, -0.1) is 0 Å². The third-order valence-corrected chi connectivity index (χ3v) is 0.615. The highest BCUT2D eigenvalue weighted by molar-refractivity contribution is 6.28. The molecule has 7 heavy (non-hydrogen) atoms. The minimum absolute atomic E-state index is 0.373. The maximum atomic E-state index is 5.15. The Morgan fingerprint density at radius 2 is 2.43 bits per heavy atom. The fraction of sp³-hybridized carbons (Fsp3) is 0.333. The van der Waals surface area contributed by atoms with E-state index in [-0.39, 0.29) is 0 Å². The SMILES string of the molecule is [B]c1nc(C)n[nH]1. The summed E-state index contributed by atoms with van der Waals surface area (Å²) < 4.78 is 0. The Morgan fingerprint density at radius 3 is 2.57 bits per heavy atom. The molecule has 0 amide bonds. The van der Waals surface area contributed by atoms with Crippen LogP contribution in [-0.2, 0) is 0 Å². The van der Waals surface area contributed by atoms with Crippen molar-refractivity contribution in [3.05, 3.63) is 5.82 Å². The fourth-order valence-corrected chi connectivity index (χ4v) is 0.362. The molecule has 1 N–H and O–H groups in total. The molecule has 0 aliphatic carbocycles. The van der Waals surface area contributed by atoms with E-state index in [4.69, 9.17) is 7.85 Å². The predicted molar refractivity (Wildman–Crippen MR) is 26.5 cm³/mol. The zero-order chi connectivity index (χ0) is 5.28. The van der Waals surface area contributed by atoms with E-state index in [0.29, 0.717) is 11.5 Å². The molecule has 2 radical (unpaired) electrons. The monoisotopic (exact) mass is 93.0 g/mol. The minimum atomic E-state index is 0.373. The van der Waals surface area contributed by atoms with Crippen molar-refractivity contribution < 1.29 is 0 Å². The standard InChI is InChI=1S/C3H4BN3/c1-2-5-3(4)7-6-2/h1H3,(H,5,6,7). The van der Waals surface area contributed by atoms with Gasteiger partial charge in [0.05, 0.1) is 5.72 Å². The number of hydrogen-bond donors (Lipinski definition) is 1. The number of rotatable bonds is 0. The van der Waals surface area contributed by atoms with Crippen molar-refractivity contribution in [1.82, 2.24) is 15.2 Å². The summed E-state index contributed by atoms with van der Waals surface area (Å²) in [5.74, 6) is 0.678. The highest BCUT2D eigenvalue weighted by atomic mass is 15.2. The molecule has 3 nitrogen and oxygen atoms in total. The van der Waals surface area contributed by atoms with Crippen LogP contribution >= 0.6 is 0 Å². The molecule has 0 saturated heterocycles. The lowest BCUT2D eigenvalue weighted by molar-refractivity contribution is 1.04. The van der Waals surface area contributed by atoms with Crippen molar-refractivity contribution in [3.8, 4) is 0 Å². The van der Waals surface area contributed by atoms with E-state index in [1.807, 2.05) is 0 Å². The first kappa shape index (κ1) is 4.37. The van der Waals surface area contributed by atoms with Crippen LogP contribution in [0.25, 0.3) is 0 Å². The highest BCUT2D eigenvalue weighted by Gasteiger charge is 1.85. The van der Waals surface area contributed by atoms with E-state index in [2.05, 4.69) is 15.2 Å². The van der Waals surface area contributed by atoms with Gasteiger partial charge < -0.3 is 0 Å². The molecule has 0 spiro atoms. The zero-order valence-corrected chi connectivity index (χ0v) is 3.97. The van der Waals surface area contributed by atoms with Gasteiger partial charge in [0.2, 0.25) is 0 Å². The lowest BCUT2D eigenvalue weighted by Gasteiger charge is -1.68. The van der Waals surface area contributed by atoms with E-state index in [0.717, 1.165) is 0 Å². The van der Waals surface area contributed by atoms with E-state index in [1.165, 1.54) is 0 Å². The molecule has 0 aromatic carbocycles. The third-order valence-electron chi connectivity index (χ3n) is 0.615. The second-order valence-electron chi connectivity index (χ2n) is 1.27. The van der Waals surface area contributed by atoms with Gasteiger partial charge >= 0.3 is 0 Å². The summed E-state index contributed by atoms with van der Waals surface area (Å²) >= 11 is 0. The van der Waals surface area contributed by atoms with Crippen LogP contribution in [0.4, 0.5) is 0 Å². The summed E-state index contributed by atoms with van der Waals surface area (Å²) in [4.78, 5) is 3.72. The average molecular weight is 92.9 g/mol. The summed E-state index contributed by atoms with van der Waals surface area (Å²) in [6, 6.07) is 0. The molecule has 34 valence electrons. The normalized spacial score (nSPS) is 9.29. The predicted octanol–water partition coefficient (Wildman–Crippen LogP) is -1.09. The average Bonchev–Trinajstić information content (AvgIpc) is 1.87. The van der Waals surface area contributed by atoms with Crippen LogP contribution < -0.4 is 5.72 Å². The Bertz CT molecular complexity index is 142. The van der Waals surface area contributed by atoms with Crippen molar-refractivity contribution in [3.63, 3.8) is 0 Å². The number of hydrogen-bond acceptors (Lipinski definition) is 2. The molecule has 0 fully saturated rings. The molecule has 0 aliphatic rings. The van der Waals surface area contributed by atoms with Crippen molar-refractivity contribution in [2.75, 3.05) is 0 Å². The largest absolute Gasteiger partial charge is 0.274 e. The van der Waals surface area contributed by atoms with Crippen molar-refractivity contribution in [2.45, 2.75) is 6.92 Å². The first-order chi connectivity index (χ1) is 3.29. The van der Waals surface area contributed by atoms with Gasteiger partial charge in [-0.2, -0.15) is 5.10 Å². The summed E-state index contributed by atoms with van der Waals surface area (Å²) in [6.07, 6.45) is 0. The molecule has 0 atom stereocenters. The Morgan fingerprint density at radius 1 is 1.71 bits per heavy atom. The second-order valence-corrected chi connectivity index (χ2v) is 1.27. The van der Waals surface area contributed by atoms with Crippen LogP contribution in [0, 0.1) is 6.92 Å². The van der Waals surface area contributed by atoms with Crippen LogP contribution in [0.3, 0.4) is 0 Å². The van der Waals surface area contributed by atoms with Crippen molar-refractivity contribution in [1.29, 1.82) is 0 Å². The van der Waals surface area contributed by atoms with Gasteiger partial charge in [-0.25, -0.2) is 4.98 Å². The number of nitrogens with one attached hydrogen (secondary N) is 1. The van der Waals surface area contributed by atoms with E-state index in [9.17, 15) is 0 Å². The van der Waals surface area contributed by atoms with E-state index >= 15 is 0 Å². The van der Waals surface area contributed by atoms with Crippen LogP contribution in [0.2, 0.25) is 0 Å². The number of nitrogens with zero attached hydrogens (tertiary/aromatic N) is 2. The highest BCUT2D eigenvalue weighted by Crippen LogP contribution is 1.71. The van der Waals surface area contributed by atoms with Gasteiger partial charge in [-0.1, -0.05) is 0 Å². The molecule has 0 saturated carbocycles. The molecule has 0 unspecified atom stereocenters. The Hall–Kier alpha value is -0.795. The Kier molecular flexibility index (Phi) is 0.853. The van der Waals surface area contributed by atoms with E-state index < -0.39 is 0 Å². The van der Waals surface area contributed by atoms with Gasteiger partial charge in [0.15, 0.2) is 7.85 Å².